The fourth-order valence-electron chi connectivity index (χ4n) is 3.35. The van der Waals surface area contributed by atoms with Crippen molar-refractivity contribution in [2.75, 3.05) is 58.9 Å². The van der Waals surface area contributed by atoms with E-state index in [0.717, 1.165) is 52.1 Å². The van der Waals surface area contributed by atoms with Crippen LogP contribution in [-0.4, -0.2) is 70.3 Å². The van der Waals surface area contributed by atoms with E-state index in [1.54, 1.807) is 12.1 Å². The third kappa shape index (κ3) is 4.94. The topological polar surface area (TPSA) is 89.1 Å². The van der Waals surface area contributed by atoms with Gasteiger partial charge < -0.3 is 24.8 Å². The Morgan fingerprint density at radius 1 is 1.18 bits per heavy atom. The summed E-state index contributed by atoms with van der Waals surface area (Å²) in [7, 11) is 3.02. The van der Waals surface area contributed by atoms with Gasteiger partial charge in [-0.2, -0.15) is 0 Å². The van der Waals surface area contributed by atoms with Gasteiger partial charge in [-0.3, -0.25) is 14.5 Å². The smallest absolute Gasteiger partial charge is 0.251 e. The van der Waals surface area contributed by atoms with Crippen molar-refractivity contribution in [3.05, 3.63) is 17.7 Å². The molecule has 154 valence electrons. The lowest BCUT2D eigenvalue weighted by Crippen LogP contribution is -2.41. The summed E-state index contributed by atoms with van der Waals surface area (Å²) >= 11 is 0. The molecule has 0 spiro atoms. The highest BCUT2D eigenvalue weighted by Gasteiger charge is 2.27. The monoisotopic (exact) mass is 391 g/mol. The molecule has 28 heavy (non-hydrogen) atoms. The first kappa shape index (κ1) is 20.4. The Bertz CT molecular complexity index is 699. The maximum atomic E-state index is 12.6. The first-order chi connectivity index (χ1) is 13.6. The van der Waals surface area contributed by atoms with Gasteiger partial charge in [0.1, 0.15) is 0 Å². The SMILES string of the molecule is COc1cc(C(=O)NCCN2CCOCC2)cc(NC(=O)C2CCC2)c1OC. The van der Waals surface area contributed by atoms with Crippen LogP contribution in [0.1, 0.15) is 29.6 Å². The number of methoxy groups -OCH3 is 2. The van der Waals surface area contributed by atoms with Crippen molar-refractivity contribution in [3.63, 3.8) is 0 Å². The van der Waals surface area contributed by atoms with E-state index in [2.05, 4.69) is 15.5 Å². The Labute approximate surface area is 165 Å². The van der Waals surface area contributed by atoms with Gasteiger partial charge in [0.2, 0.25) is 5.91 Å². The van der Waals surface area contributed by atoms with Crippen LogP contribution in [0.3, 0.4) is 0 Å². The summed E-state index contributed by atoms with van der Waals surface area (Å²) in [4.78, 5) is 27.2. The second-order valence-electron chi connectivity index (χ2n) is 7.09. The van der Waals surface area contributed by atoms with E-state index < -0.39 is 0 Å². The molecule has 1 saturated carbocycles. The van der Waals surface area contributed by atoms with Gasteiger partial charge in [0.05, 0.1) is 33.1 Å². The average Bonchev–Trinajstić information content (AvgIpc) is 2.66. The molecular weight excluding hydrogens is 362 g/mol. The molecule has 8 heteroatoms. The van der Waals surface area contributed by atoms with E-state index in [0.29, 0.717) is 29.3 Å². The van der Waals surface area contributed by atoms with Gasteiger partial charge in [-0.15, -0.1) is 0 Å². The molecule has 2 aliphatic rings. The number of carbonyl (C=O) groups is 2. The highest BCUT2D eigenvalue weighted by Crippen LogP contribution is 2.38. The number of nitrogens with one attached hydrogen (secondary N) is 2. The highest BCUT2D eigenvalue weighted by molar-refractivity contribution is 6.00. The quantitative estimate of drug-likeness (QED) is 0.698. The van der Waals surface area contributed by atoms with Gasteiger partial charge in [-0.25, -0.2) is 0 Å². The molecule has 2 fully saturated rings. The van der Waals surface area contributed by atoms with Crippen LogP contribution < -0.4 is 20.1 Å². The predicted octanol–water partition coefficient (Wildman–Crippen LogP) is 1.50. The van der Waals surface area contributed by atoms with Crippen LogP contribution in [0.4, 0.5) is 5.69 Å². The van der Waals surface area contributed by atoms with Crippen LogP contribution in [-0.2, 0) is 9.53 Å². The number of benzene rings is 1. The average molecular weight is 391 g/mol. The number of rotatable bonds is 8. The van der Waals surface area contributed by atoms with E-state index in [-0.39, 0.29) is 17.7 Å². The van der Waals surface area contributed by atoms with Crippen LogP contribution in [0.5, 0.6) is 11.5 Å². The summed E-state index contributed by atoms with van der Waals surface area (Å²) in [5.74, 6) is 0.596. The Balaban J connectivity index is 1.67. The number of carbonyl (C=O) groups excluding carboxylic acids is 2. The molecule has 2 N–H and O–H groups in total. The molecule has 0 bridgehead atoms. The fourth-order valence-corrected chi connectivity index (χ4v) is 3.35. The first-order valence-corrected chi connectivity index (χ1v) is 9.77. The lowest BCUT2D eigenvalue weighted by molar-refractivity contribution is -0.122. The molecule has 2 amide bonds. The standard InChI is InChI=1S/C20H29N3O5/c1-26-17-13-15(19(24)21-6-7-23-8-10-28-11-9-23)12-16(18(17)27-2)22-20(25)14-4-3-5-14/h12-14H,3-11H2,1-2H3,(H,21,24)(H,22,25). The lowest BCUT2D eigenvalue weighted by Gasteiger charge is -2.26. The molecular formula is C20H29N3O5. The molecule has 1 aliphatic carbocycles. The van der Waals surface area contributed by atoms with Crippen molar-refractivity contribution < 1.29 is 23.8 Å². The van der Waals surface area contributed by atoms with Crippen molar-refractivity contribution >= 4 is 17.5 Å². The minimum Gasteiger partial charge on any atom is -0.493 e. The number of anilines is 1. The molecule has 1 saturated heterocycles. The highest BCUT2D eigenvalue weighted by atomic mass is 16.5. The molecule has 0 radical (unpaired) electrons. The zero-order valence-corrected chi connectivity index (χ0v) is 16.6. The van der Waals surface area contributed by atoms with Crippen molar-refractivity contribution in [1.29, 1.82) is 0 Å². The van der Waals surface area contributed by atoms with Crippen LogP contribution in [0, 0.1) is 5.92 Å². The summed E-state index contributed by atoms with van der Waals surface area (Å²) in [6, 6.07) is 3.27. The Hall–Kier alpha value is -2.32. The number of hydrogen-bond acceptors (Lipinski definition) is 6. The predicted molar refractivity (Wildman–Crippen MR) is 105 cm³/mol. The second-order valence-corrected chi connectivity index (χ2v) is 7.09. The molecule has 0 atom stereocenters. The zero-order chi connectivity index (χ0) is 19.9. The summed E-state index contributed by atoms with van der Waals surface area (Å²) in [6.45, 7) is 4.53. The van der Waals surface area contributed by atoms with E-state index >= 15 is 0 Å². The molecule has 1 heterocycles. The zero-order valence-electron chi connectivity index (χ0n) is 16.6. The van der Waals surface area contributed by atoms with Crippen molar-refractivity contribution in [1.82, 2.24) is 10.2 Å². The summed E-state index contributed by atoms with van der Waals surface area (Å²) in [5, 5.41) is 5.83. The van der Waals surface area contributed by atoms with E-state index in [1.807, 2.05) is 0 Å². The third-order valence-corrected chi connectivity index (χ3v) is 5.29. The number of ether oxygens (including phenoxy) is 3. The van der Waals surface area contributed by atoms with Gasteiger partial charge in [0, 0.05) is 37.7 Å². The minimum absolute atomic E-state index is 0.0294. The second kappa shape index (κ2) is 9.75. The van der Waals surface area contributed by atoms with E-state index in [9.17, 15) is 9.59 Å². The molecule has 0 aromatic heterocycles. The van der Waals surface area contributed by atoms with Crippen LogP contribution in [0.2, 0.25) is 0 Å². The summed E-state index contributed by atoms with van der Waals surface area (Å²) in [6.07, 6.45) is 2.87. The van der Waals surface area contributed by atoms with Crippen molar-refractivity contribution in [3.8, 4) is 11.5 Å². The van der Waals surface area contributed by atoms with Crippen LogP contribution >= 0.6 is 0 Å². The Morgan fingerprint density at radius 2 is 1.93 bits per heavy atom. The minimum atomic E-state index is -0.214. The van der Waals surface area contributed by atoms with Crippen LogP contribution in [0.15, 0.2) is 12.1 Å². The van der Waals surface area contributed by atoms with E-state index in [1.165, 1.54) is 14.2 Å². The number of hydrogen-bond donors (Lipinski definition) is 2. The Morgan fingerprint density at radius 3 is 2.54 bits per heavy atom. The third-order valence-electron chi connectivity index (χ3n) is 5.29. The molecule has 1 aromatic carbocycles. The van der Waals surface area contributed by atoms with Crippen LogP contribution in [0.25, 0.3) is 0 Å². The molecule has 8 nitrogen and oxygen atoms in total. The molecule has 3 rings (SSSR count). The summed E-state index contributed by atoms with van der Waals surface area (Å²) in [5.41, 5.74) is 0.876. The number of amides is 2. The molecule has 1 aliphatic heterocycles. The van der Waals surface area contributed by atoms with Gasteiger partial charge in [0.15, 0.2) is 11.5 Å². The Kier molecular flexibility index (Phi) is 7.11. The molecule has 1 aromatic rings. The number of morpholine rings is 1. The normalized spacial score (nSPS) is 17.5. The van der Waals surface area contributed by atoms with Gasteiger partial charge in [0.25, 0.3) is 5.91 Å². The van der Waals surface area contributed by atoms with Crippen molar-refractivity contribution in [2.45, 2.75) is 19.3 Å². The first-order valence-electron chi connectivity index (χ1n) is 9.77. The van der Waals surface area contributed by atoms with Gasteiger partial charge in [-0.1, -0.05) is 6.42 Å². The number of nitrogens with zero attached hydrogens (tertiary/aromatic N) is 1. The summed E-state index contributed by atoms with van der Waals surface area (Å²) < 4.78 is 16.1. The fraction of sp³-hybridized carbons (Fsp3) is 0.600. The van der Waals surface area contributed by atoms with Gasteiger partial charge >= 0.3 is 0 Å². The largest absolute Gasteiger partial charge is 0.493 e. The van der Waals surface area contributed by atoms with Crippen molar-refractivity contribution in [2.24, 2.45) is 5.92 Å². The molecule has 0 unspecified atom stereocenters. The maximum absolute atomic E-state index is 12.6. The van der Waals surface area contributed by atoms with E-state index in [4.69, 9.17) is 14.2 Å². The van der Waals surface area contributed by atoms with Gasteiger partial charge in [-0.05, 0) is 25.0 Å². The maximum Gasteiger partial charge on any atom is 0.251 e. The lowest BCUT2D eigenvalue weighted by atomic mass is 9.85.